The van der Waals surface area contributed by atoms with Gasteiger partial charge in [0.25, 0.3) is 0 Å². The van der Waals surface area contributed by atoms with Crippen LogP contribution in [0.4, 0.5) is 0 Å². The normalized spacial score (nSPS) is 7.27. The molecule has 29 heteroatoms. The van der Waals surface area contributed by atoms with Gasteiger partial charge in [0.1, 0.15) is 31.6 Å². The largest absolute Gasteiger partial charge is 0.473 e. The molecule has 14 aromatic heterocycles. The molecule has 0 radical (unpaired) electrons. The molecule has 0 saturated heterocycles. The van der Waals surface area contributed by atoms with Gasteiger partial charge >= 0.3 is 0 Å². The van der Waals surface area contributed by atoms with E-state index in [2.05, 4.69) is 148 Å². The maximum absolute atomic E-state index is 4.58. The summed E-state index contributed by atoms with van der Waals surface area (Å²) >= 11 is 4.78. The van der Waals surface area contributed by atoms with Crippen molar-refractivity contribution in [2.45, 2.75) is 208 Å². The van der Waals surface area contributed by atoms with Gasteiger partial charge in [-0.2, -0.15) is 26.6 Å². The molecular formula is C84H148N24O2S3. The number of nitrogens with one attached hydrogen (secondary N) is 5. The van der Waals surface area contributed by atoms with Crippen LogP contribution in [0.2, 0.25) is 0 Å². The van der Waals surface area contributed by atoms with Gasteiger partial charge in [-0.1, -0.05) is 249 Å². The predicted molar refractivity (Wildman–Crippen MR) is 489 cm³/mol. The first-order valence-electron chi connectivity index (χ1n) is 38.7. The summed E-state index contributed by atoms with van der Waals surface area (Å²) in [7, 11) is 0. The van der Waals surface area contributed by atoms with Crippen LogP contribution >= 0.6 is 34.2 Å². The van der Waals surface area contributed by atoms with Crippen molar-refractivity contribution in [1.82, 2.24) is 99.9 Å². The van der Waals surface area contributed by atoms with Crippen molar-refractivity contribution in [3.63, 3.8) is 0 Å². The van der Waals surface area contributed by atoms with Gasteiger partial charge in [-0.15, -0.1) is 26.7 Å². The van der Waals surface area contributed by atoms with Crippen molar-refractivity contribution in [3.05, 3.63) is 311 Å². The fourth-order valence-corrected chi connectivity index (χ4v) is 5.17. The lowest BCUT2D eigenvalue weighted by Gasteiger charge is -1.83. The van der Waals surface area contributed by atoms with E-state index in [0.717, 1.165) is 0 Å². The second-order valence-electron chi connectivity index (χ2n) is 13.0. The summed E-state index contributed by atoms with van der Waals surface area (Å²) in [6, 6.07) is 34.8. The predicted octanol–water partition coefficient (Wildman–Crippen LogP) is 27.9. The summed E-state index contributed by atoms with van der Waals surface area (Å²) in [5.41, 5.74) is 3.00. The van der Waals surface area contributed by atoms with Crippen LogP contribution in [-0.4, -0.2) is 107 Å². The van der Waals surface area contributed by atoms with Crippen LogP contribution in [0.15, 0.2) is 340 Å². The van der Waals surface area contributed by atoms with Crippen LogP contribution in [0.1, 0.15) is 208 Å². The smallest absolute Gasteiger partial charge is 0.175 e. The van der Waals surface area contributed by atoms with E-state index < -0.39 is 0 Å². The number of benzene rings is 1. The molecule has 0 amide bonds. The number of hydrogen-bond donors (Lipinski definition) is 5. The lowest BCUT2D eigenvalue weighted by Crippen LogP contribution is -1.75. The van der Waals surface area contributed by atoms with E-state index in [1.807, 2.05) is 327 Å². The summed E-state index contributed by atoms with van der Waals surface area (Å²) in [6.07, 6.45) is 46.5. The first-order valence-corrected chi connectivity index (χ1v) is 41.4. The molecule has 113 heavy (non-hydrogen) atoms. The maximum Gasteiger partial charge on any atom is 0.175 e. The van der Waals surface area contributed by atoms with E-state index in [1.165, 1.54) is 60.2 Å². The molecule has 1 aromatic carbocycles. The molecule has 0 aliphatic carbocycles. The first kappa shape index (κ1) is 134. The number of para-hydroxylation sites is 1. The Bertz CT molecular complexity index is 2480. The summed E-state index contributed by atoms with van der Waals surface area (Å²) < 4.78 is 12.7. The van der Waals surface area contributed by atoms with E-state index in [-0.39, 0.29) is 0 Å². The van der Waals surface area contributed by atoms with Crippen LogP contribution in [0.3, 0.4) is 0 Å². The molecule has 15 heterocycles. The Labute approximate surface area is 695 Å². The Kier molecular flexibility index (Phi) is 207. The highest BCUT2D eigenvalue weighted by Crippen LogP contribution is 2.09. The van der Waals surface area contributed by atoms with Crippen LogP contribution in [0.5, 0.6) is 0 Å². The van der Waals surface area contributed by atoms with Gasteiger partial charge in [-0.25, -0.2) is 29.3 Å². The highest BCUT2D eigenvalue weighted by atomic mass is 32.1. The molecule has 0 spiro atoms. The second-order valence-corrected chi connectivity index (χ2v) is 15.3. The third-order valence-corrected chi connectivity index (χ3v) is 8.89. The van der Waals surface area contributed by atoms with Crippen LogP contribution in [0.25, 0.3) is 10.9 Å². The number of imidazole rings is 1. The number of nitrogens with zero attached hydrogens (tertiary/aromatic N) is 19. The van der Waals surface area contributed by atoms with Crippen LogP contribution in [0, 0.1) is 0 Å². The molecule has 0 fully saturated rings. The van der Waals surface area contributed by atoms with Gasteiger partial charge in [0.15, 0.2) is 6.67 Å². The average molecular weight is 1620 g/mol. The van der Waals surface area contributed by atoms with Crippen molar-refractivity contribution in [3.8, 4) is 0 Å². The topological polar surface area (TPSA) is 348 Å². The number of furan rings is 1. The average Bonchev–Trinajstić information content (AvgIpc) is 1.75. The fourth-order valence-electron chi connectivity index (χ4n) is 4.02. The molecule has 1 aliphatic heterocycles. The van der Waals surface area contributed by atoms with E-state index in [0.29, 0.717) is 6.67 Å². The quantitative estimate of drug-likeness (QED) is 0.0941. The van der Waals surface area contributed by atoms with Crippen molar-refractivity contribution in [2.24, 2.45) is 20.7 Å². The highest BCUT2D eigenvalue weighted by Gasteiger charge is 1.87. The number of hydrogen-bond acceptors (Lipinski definition) is 24. The minimum atomic E-state index is 0.417. The summed E-state index contributed by atoms with van der Waals surface area (Å²) in [6.45, 7) is 60.4. The summed E-state index contributed by atoms with van der Waals surface area (Å²) in [4.78, 5) is 41.9. The summed E-state index contributed by atoms with van der Waals surface area (Å²) in [5.74, 6) is 0. The van der Waals surface area contributed by atoms with Gasteiger partial charge in [0, 0.05) is 128 Å². The summed E-state index contributed by atoms with van der Waals surface area (Å²) in [5, 5.41) is 44.7. The molecular weight excluding hydrogens is 1470 g/mol. The third-order valence-electron chi connectivity index (χ3n) is 7.21. The van der Waals surface area contributed by atoms with E-state index >= 15 is 0 Å². The molecule has 26 nitrogen and oxygen atoms in total. The maximum atomic E-state index is 4.58. The van der Waals surface area contributed by atoms with Crippen molar-refractivity contribution in [1.29, 1.82) is 0 Å². The van der Waals surface area contributed by atoms with E-state index in [1.54, 1.807) is 158 Å². The van der Waals surface area contributed by atoms with E-state index in [9.17, 15) is 0 Å². The minimum absolute atomic E-state index is 0.417. The Morgan fingerprint density at radius 2 is 0.858 bits per heavy atom. The number of thiophene rings is 1. The third kappa shape index (κ3) is 154. The minimum Gasteiger partial charge on any atom is -0.473 e. The van der Waals surface area contributed by atoms with Crippen molar-refractivity contribution < 1.29 is 8.94 Å². The molecule has 16 rings (SSSR count). The van der Waals surface area contributed by atoms with Crippen LogP contribution in [-0.2, 0) is 0 Å². The Morgan fingerprint density at radius 1 is 0.310 bits per heavy atom. The fraction of sp³-hybridized carbons (Fsp3) is 0.369. The number of fused-ring (bicyclic) bond motifs is 1. The number of thiazole rings is 1. The molecule has 634 valence electrons. The van der Waals surface area contributed by atoms with Gasteiger partial charge in [0.05, 0.1) is 36.8 Å². The van der Waals surface area contributed by atoms with Gasteiger partial charge in [-0.05, 0) is 111 Å². The standard InChI is InChI=1S/C8H7N.C5H5N.2C4H4N2.C4H5N.C4H4O.C4H4S.C3H3N3.2C3H4N2.C3H3NO.2C3H3NS.C2H3N3.15C2H6.CH2N4/c1-2-4-8-7(3-1)5-6-9-8;1-2-4-6-5-3-1;1-2-6-4-3-5-1;1-2-5-4-6-3-1;3*1-2-4-5-3-1;1-2-5-6-3-4-1;1-2-5-3-4-1;2*1-2-4-5-3-1;1-2-5-3-4-1;1-2-4-5-3-1;1-3-2-5-4-1;15*1-2;1-2-4-5-3-1/h1-6,9H;1-5H;2*1-4H;1-5H;2*1-4H;1-3H;2*1-3H,(H,4,5);3*1-3H;1-2H,(H,3,4,5);15*1-2H3;1H2. The Morgan fingerprint density at radius 3 is 1.05 bits per heavy atom. The zero-order chi connectivity index (χ0) is 88.4. The van der Waals surface area contributed by atoms with Crippen molar-refractivity contribution >= 4 is 45.1 Å². The number of rotatable bonds is 0. The number of pyridine rings is 1. The van der Waals surface area contributed by atoms with Crippen LogP contribution < -0.4 is 0 Å². The van der Waals surface area contributed by atoms with Gasteiger partial charge in [-0.3, -0.25) is 30.1 Å². The first-order chi connectivity index (χ1) is 56.5. The monoisotopic (exact) mass is 1620 g/mol. The molecule has 0 atom stereocenters. The van der Waals surface area contributed by atoms with Crippen molar-refractivity contribution in [2.75, 3.05) is 6.67 Å². The molecule has 5 N–H and O–H groups in total. The number of H-pyrrole nitrogens is 5. The Balaban J connectivity index is -0.0000000758. The molecule has 0 saturated carbocycles. The molecule has 1 aliphatic rings. The van der Waals surface area contributed by atoms with Gasteiger partial charge < -0.3 is 23.9 Å². The lowest BCUT2D eigenvalue weighted by atomic mass is 10.3. The second kappa shape index (κ2) is 175. The van der Waals surface area contributed by atoms with E-state index in [4.69, 9.17) is 0 Å². The molecule has 15 aromatic rings. The zero-order valence-corrected chi connectivity index (χ0v) is 76.6. The zero-order valence-electron chi connectivity index (χ0n) is 74.2. The number of aromatic nitrogens is 20. The molecule has 0 bridgehead atoms. The van der Waals surface area contributed by atoms with Gasteiger partial charge in [0.2, 0.25) is 0 Å². The SMILES string of the molecule is C1N=NN=N1.CC.CC.CC.CC.CC.CC.CC.CC.CC.CC.CC.CC.CC.CC.CC.c1c[nH]cn1.c1cc[nH]c1.c1ccc2[nH]ccc2c1.c1ccncc1.c1ccoc1.c1ccsc1.c1cn[nH]c1.c1cnccn1.c1cncnc1.c1cnncn1.c1cnoc1.c1cnsc1.c1cscn1.c1nc[nH]n1. The molecule has 0 unspecified atom stereocenters. The lowest BCUT2D eigenvalue weighted by molar-refractivity contribution is 0.420. The number of aromatic amines is 5. The highest BCUT2D eigenvalue weighted by molar-refractivity contribution is 7.07. The Hall–Kier alpha value is -11.4.